The predicted octanol–water partition coefficient (Wildman–Crippen LogP) is 6.30. The second-order valence-corrected chi connectivity index (χ2v) is 7.44. The average Bonchev–Trinajstić information content (AvgIpc) is 2.57. The molecule has 0 aliphatic heterocycles. The van der Waals surface area contributed by atoms with Gasteiger partial charge in [0.1, 0.15) is 0 Å². The number of allylic oxidation sites excluding steroid dienone is 1. The average molecular weight is 322 g/mol. The van der Waals surface area contributed by atoms with Crippen LogP contribution >= 0.6 is 0 Å². The minimum absolute atomic E-state index is 0.175. The van der Waals surface area contributed by atoms with Crippen LogP contribution in [-0.4, -0.2) is 11.9 Å². The van der Waals surface area contributed by atoms with Crippen molar-refractivity contribution in [2.75, 3.05) is 0 Å². The molecule has 2 heteroatoms. The van der Waals surface area contributed by atoms with Crippen molar-refractivity contribution < 1.29 is 4.79 Å². The van der Waals surface area contributed by atoms with E-state index in [0.717, 1.165) is 24.8 Å². The molecular formula is C21H39NO. The summed E-state index contributed by atoms with van der Waals surface area (Å²) in [4.78, 5) is 12.3. The molecule has 1 amide bonds. The molecule has 0 saturated heterocycles. The maximum Gasteiger partial charge on any atom is 0.247 e. The highest BCUT2D eigenvalue weighted by molar-refractivity contribution is 5.93. The smallest absolute Gasteiger partial charge is 0.247 e. The second kappa shape index (κ2) is 12.6. The molecule has 1 rings (SSSR count). The molecule has 23 heavy (non-hydrogen) atoms. The first kappa shape index (κ1) is 20.3. The Balaban J connectivity index is 2.15. The molecule has 0 aromatic heterocycles. The summed E-state index contributed by atoms with van der Waals surface area (Å²) in [5.74, 6) is 0.175. The second-order valence-electron chi connectivity index (χ2n) is 7.44. The molecule has 0 radical (unpaired) electrons. The maximum atomic E-state index is 12.3. The van der Waals surface area contributed by atoms with Gasteiger partial charge in [0.05, 0.1) is 0 Å². The molecular weight excluding hydrogens is 282 g/mol. The Labute approximate surface area is 144 Å². The lowest BCUT2D eigenvalue weighted by Gasteiger charge is -2.23. The van der Waals surface area contributed by atoms with Crippen molar-refractivity contribution in [1.29, 1.82) is 0 Å². The van der Waals surface area contributed by atoms with Crippen molar-refractivity contribution in [3.05, 3.63) is 11.1 Å². The first-order valence-corrected chi connectivity index (χ1v) is 10.1. The fourth-order valence-electron chi connectivity index (χ4n) is 3.45. The van der Waals surface area contributed by atoms with Gasteiger partial charge in [0.15, 0.2) is 0 Å². The standard InChI is InChI=1S/C21H39NO/c1-4-5-6-7-8-9-10-12-15-18(2)19(3)21(23)22-20-16-13-11-14-17-20/h20H,4-17H2,1-3H3,(H,22,23). The number of carbonyl (C=O) groups is 1. The van der Waals surface area contributed by atoms with E-state index in [0.29, 0.717) is 6.04 Å². The third kappa shape index (κ3) is 9.17. The van der Waals surface area contributed by atoms with Crippen LogP contribution in [-0.2, 0) is 4.79 Å². The normalized spacial score (nSPS) is 17.0. The van der Waals surface area contributed by atoms with Gasteiger partial charge >= 0.3 is 0 Å². The Hall–Kier alpha value is -0.790. The molecule has 1 aliphatic rings. The molecule has 0 aromatic rings. The highest BCUT2D eigenvalue weighted by atomic mass is 16.1. The summed E-state index contributed by atoms with van der Waals surface area (Å²) >= 11 is 0. The van der Waals surface area contributed by atoms with Gasteiger partial charge in [-0.1, -0.05) is 76.7 Å². The van der Waals surface area contributed by atoms with Gasteiger partial charge in [-0.15, -0.1) is 0 Å². The number of unbranched alkanes of at least 4 members (excludes halogenated alkanes) is 7. The zero-order valence-electron chi connectivity index (χ0n) is 15.9. The number of hydrogen-bond donors (Lipinski definition) is 1. The quantitative estimate of drug-likeness (QED) is 0.351. The van der Waals surface area contributed by atoms with Gasteiger partial charge in [-0.2, -0.15) is 0 Å². The van der Waals surface area contributed by atoms with E-state index in [-0.39, 0.29) is 5.91 Å². The Morgan fingerprint density at radius 1 is 0.870 bits per heavy atom. The third-order valence-electron chi connectivity index (χ3n) is 5.33. The van der Waals surface area contributed by atoms with Crippen LogP contribution in [0.5, 0.6) is 0 Å². The first-order valence-electron chi connectivity index (χ1n) is 10.1. The Morgan fingerprint density at radius 2 is 1.43 bits per heavy atom. The van der Waals surface area contributed by atoms with E-state index < -0.39 is 0 Å². The number of rotatable bonds is 11. The van der Waals surface area contributed by atoms with E-state index in [1.165, 1.54) is 76.2 Å². The van der Waals surface area contributed by atoms with Gasteiger partial charge in [0.25, 0.3) is 0 Å². The lowest BCUT2D eigenvalue weighted by Crippen LogP contribution is -2.36. The summed E-state index contributed by atoms with van der Waals surface area (Å²) in [5, 5.41) is 3.23. The van der Waals surface area contributed by atoms with E-state index in [4.69, 9.17) is 0 Å². The summed E-state index contributed by atoms with van der Waals surface area (Å²) in [6.07, 6.45) is 18.0. The lowest BCUT2D eigenvalue weighted by atomic mass is 9.95. The molecule has 2 nitrogen and oxygen atoms in total. The zero-order valence-corrected chi connectivity index (χ0v) is 15.9. The first-order chi connectivity index (χ1) is 11.1. The largest absolute Gasteiger partial charge is 0.350 e. The minimum Gasteiger partial charge on any atom is -0.350 e. The summed E-state index contributed by atoms with van der Waals surface area (Å²) in [7, 11) is 0. The SMILES string of the molecule is CCCCCCCCCCC(C)=C(C)C(=O)NC1CCCCC1. The van der Waals surface area contributed by atoms with Crippen molar-refractivity contribution in [1.82, 2.24) is 5.32 Å². The van der Waals surface area contributed by atoms with Gasteiger partial charge in [0, 0.05) is 11.6 Å². The number of carbonyl (C=O) groups excluding carboxylic acids is 1. The van der Waals surface area contributed by atoms with E-state index in [1.54, 1.807) is 0 Å². The zero-order chi connectivity index (χ0) is 16.9. The van der Waals surface area contributed by atoms with Gasteiger partial charge < -0.3 is 5.32 Å². The molecule has 0 atom stereocenters. The maximum absolute atomic E-state index is 12.3. The Bertz CT molecular complexity index is 353. The van der Waals surface area contributed by atoms with Gasteiger partial charge in [-0.05, 0) is 39.5 Å². The molecule has 0 bridgehead atoms. The summed E-state index contributed by atoms with van der Waals surface area (Å²) in [6, 6.07) is 0.419. The third-order valence-corrected chi connectivity index (χ3v) is 5.33. The van der Waals surface area contributed by atoms with Crippen LogP contribution in [0.2, 0.25) is 0 Å². The molecule has 0 spiro atoms. The number of nitrogens with one attached hydrogen (secondary N) is 1. The van der Waals surface area contributed by atoms with Crippen molar-refractivity contribution >= 4 is 5.91 Å². The van der Waals surface area contributed by atoms with Crippen molar-refractivity contribution in [3.63, 3.8) is 0 Å². The predicted molar refractivity (Wildman–Crippen MR) is 101 cm³/mol. The molecule has 0 aromatic carbocycles. The van der Waals surface area contributed by atoms with E-state index >= 15 is 0 Å². The van der Waals surface area contributed by atoms with Crippen LogP contribution in [0.4, 0.5) is 0 Å². The fraction of sp³-hybridized carbons (Fsp3) is 0.857. The van der Waals surface area contributed by atoms with E-state index in [9.17, 15) is 4.79 Å². The summed E-state index contributed by atoms with van der Waals surface area (Å²) in [6.45, 7) is 6.40. The molecule has 1 fully saturated rings. The van der Waals surface area contributed by atoms with E-state index in [2.05, 4.69) is 19.2 Å². The lowest BCUT2D eigenvalue weighted by molar-refractivity contribution is -0.118. The fourth-order valence-corrected chi connectivity index (χ4v) is 3.45. The van der Waals surface area contributed by atoms with Gasteiger partial charge in [-0.3, -0.25) is 4.79 Å². The van der Waals surface area contributed by atoms with E-state index in [1.807, 2.05) is 6.92 Å². The molecule has 0 heterocycles. The number of hydrogen-bond acceptors (Lipinski definition) is 1. The van der Waals surface area contributed by atoms with Crippen molar-refractivity contribution in [2.24, 2.45) is 0 Å². The highest BCUT2D eigenvalue weighted by Crippen LogP contribution is 2.19. The van der Waals surface area contributed by atoms with Crippen molar-refractivity contribution in [2.45, 2.75) is 117 Å². The topological polar surface area (TPSA) is 29.1 Å². The molecule has 1 N–H and O–H groups in total. The number of amides is 1. The molecule has 134 valence electrons. The van der Waals surface area contributed by atoms with Crippen LogP contribution in [0.3, 0.4) is 0 Å². The van der Waals surface area contributed by atoms with Crippen LogP contribution in [0.1, 0.15) is 111 Å². The monoisotopic (exact) mass is 321 g/mol. The molecule has 1 aliphatic carbocycles. The van der Waals surface area contributed by atoms with Crippen molar-refractivity contribution in [3.8, 4) is 0 Å². The summed E-state index contributed by atoms with van der Waals surface area (Å²) < 4.78 is 0. The Kier molecular flexibility index (Phi) is 11.1. The highest BCUT2D eigenvalue weighted by Gasteiger charge is 2.17. The van der Waals surface area contributed by atoms with Gasteiger partial charge in [0.2, 0.25) is 5.91 Å². The van der Waals surface area contributed by atoms with Crippen LogP contribution in [0.25, 0.3) is 0 Å². The van der Waals surface area contributed by atoms with Crippen LogP contribution in [0.15, 0.2) is 11.1 Å². The Morgan fingerprint density at radius 3 is 2.04 bits per heavy atom. The molecule has 1 saturated carbocycles. The van der Waals surface area contributed by atoms with Gasteiger partial charge in [-0.25, -0.2) is 0 Å². The molecule has 0 unspecified atom stereocenters. The minimum atomic E-state index is 0.175. The van der Waals surface area contributed by atoms with Crippen LogP contribution in [0, 0.1) is 0 Å². The van der Waals surface area contributed by atoms with Crippen LogP contribution < -0.4 is 5.32 Å². The summed E-state index contributed by atoms with van der Waals surface area (Å²) in [5.41, 5.74) is 2.24.